The van der Waals surface area contributed by atoms with E-state index in [0.717, 1.165) is 18.4 Å². The molecule has 0 spiro atoms. The molecule has 0 atom stereocenters. The average Bonchev–Trinajstić information content (AvgIpc) is 2.50. The number of hydrogen-bond donors (Lipinski definition) is 0. The second-order valence-electron chi connectivity index (χ2n) is 5.59. The fourth-order valence-electron chi connectivity index (χ4n) is 2.24. The molecule has 0 aromatic heterocycles. The Labute approximate surface area is 132 Å². The summed E-state index contributed by atoms with van der Waals surface area (Å²) in [6.45, 7) is 8.60. The lowest BCUT2D eigenvalue weighted by Gasteiger charge is -2.13. The molecule has 0 unspecified atom stereocenters. The Morgan fingerprint density at radius 3 is 2.41 bits per heavy atom. The van der Waals surface area contributed by atoms with Gasteiger partial charge in [-0.15, -0.1) is 0 Å². The van der Waals surface area contributed by atoms with Crippen molar-refractivity contribution in [2.45, 2.75) is 47.0 Å². The summed E-state index contributed by atoms with van der Waals surface area (Å²) in [7, 11) is 0. The number of aryl methyl sites for hydroxylation is 1. The van der Waals surface area contributed by atoms with Crippen LogP contribution in [-0.2, 0) is 15.9 Å². The minimum absolute atomic E-state index is 0.278. The lowest BCUT2D eigenvalue weighted by molar-refractivity contribution is 0.0460. The average molecular weight is 306 g/mol. The molecule has 4 nitrogen and oxygen atoms in total. The van der Waals surface area contributed by atoms with Gasteiger partial charge < -0.3 is 9.47 Å². The highest BCUT2D eigenvalue weighted by atomic mass is 16.5. The number of hydrogen-bond acceptors (Lipinski definition) is 4. The summed E-state index contributed by atoms with van der Waals surface area (Å²) in [6, 6.07) is 5.23. The molecule has 4 heteroatoms. The molecule has 0 N–H and O–H groups in total. The molecule has 122 valence electrons. The van der Waals surface area contributed by atoms with Crippen molar-refractivity contribution in [1.82, 2.24) is 0 Å². The lowest BCUT2D eigenvalue weighted by Crippen LogP contribution is -2.17. The number of rotatable bonds is 8. The highest BCUT2D eigenvalue weighted by Crippen LogP contribution is 2.18. The number of benzene rings is 1. The smallest absolute Gasteiger partial charge is 0.339 e. The van der Waals surface area contributed by atoms with Crippen LogP contribution in [0.1, 0.15) is 66.8 Å². The van der Waals surface area contributed by atoms with E-state index < -0.39 is 11.9 Å². The van der Waals surface area contributed by atoms with E-state index in [4.69, 9.17) is 9.47 Å². The molecule has 0 aliphatic heterocycles. The second kappa shape index (κ2) is 9.23. The predicted molar refractivity (Wildman–Crippen MR) is 86.1 cm³/mol. The van der Waals surface area contributed by atoms with Crippen LogP contribution in [-0.4, -0.2) is 25.2 Å². The number of ether oxygens (including phenoxy) is 2. The van der Waals surface area contributed by atoms with E-state index >= 15 is 0 Å². The van der Waals surface area contributed by atoms with Crippen molar-refractivity contribution >= 4 is 11.9 Å². The monoisotopic (exact) mass is 306 g/mol. The maximum absolute atomic E-state index is 12.3. The van der Waals surface area contributed by atoms with Crippen LogP contribution in [0.2, 0.25) is 0 Å². The first-order valence-corrected chi connectivity index (χ1v) is 7.97. The van der Waals surface area contributed by atoms with E-state index in [2.05, 4.69) is 13.8 Å². The van der Waals surface area contributed by atoms with E-state index in [-0.39, 0.29) is 6.61 Å². The molecule has 1 rings (SSSR count). The van der Waals surface area contributed by atoms with Crippen LogP contribution in [0, 0.1) is 5.92 Å². The van der Waals surface area contributed by atoms with Crippen molar-refractivity contribution in [2.75, 3.05) is 13.2 Å². The molecule has 22 heavy (non-hydrogen) atoms. The Bertz CT molecular complexity index is 506. The number of esters is 2. The van der Waals surface area contributed by atoms with Crippen LogP contribution < -0.4 is 0 Å². The van der Waals surface area contributed by atoms with Crippen molar-refractivity contribution in [1.29, 1.82) is 0 Å². The minimum Gasteiger partial charge on any atom is -0.462 e. The molecular weight excluding hydrogens is 280 g/mol. The summed E-state index contributed by atoms with van der Waals surface area (Å²) in [5.41, 5.74) is 1.43. The molecule has 0 amide bonds. The third-order valence-corrected chi connectivity index (χ3v) is 3.39. The Morgan fingerprint density at radius 1 is 1.09 bits per heavy atom. The van der Waals surface area contributed by atoms with E-state index in [1.807, 2.05) is 13.0 Å². The topological polar surface area (TPSA) is 52.6 Å². The molecule has 0 saturated carbocycles. The van der Waals surface area contributed by atoms with Crippen LogP contribution >= 0.6 is 0 Å². The molecule has 0 bridgehead atoms. The summed E-state index contributed by atoms with van der Waals surface area (Å²) in [5, 5.41) is 0. The van der Waals surface area contributed by atoms with E-state index in [9.17, 15) is 9.59 Å². The minimum atomic E-state index is -0.464. The van der Waals surface area contributed by atoms with Crippen molar-refractivity contribution in [3.8, 4) is 0 Å². The van der Waals surface area contributed by atoms with Crippen LogP contribution in [0.4, 0.5) is 0 Å². The first-order valence-electron chi connectivity index (χ1n) is 7.97. The molecule has 1 aromatic carbocycles. The third kappa shape index (κ3) is 5.17. The van der Waals surface area contributed by atoms with Gasteiger partial charge in [-0.25, -0.2) is 9.59 Å². The standard InChI is InChI=1S/C18H26O4/c1-5-14-10-7-11-15(16(14)18(20)21-6-2)17(19)22-12-8-9-13(3)4/h7,10-11,13H,5-6,8-9,12H2,1-4H3. The molecule has 0 aliphatic rings. The molecule has 0 radical (unpaired) electrons. The maximum Gasteiger partial charge on any atom is 0.339 e. The second-order valence-corrected chi connectivity index (χ2v) is 5.59. The summed E-state index contributed by atoms with van der Waals surface area (Å²) in [5.74, 6) is -0.339. The van der Waals surface area contributed by atoms with Crippen LogP contribution in [0.5, 0.6) is 0 Å². The van der Waals surface area contributed by atoms with Crippen LogP contribution in [0.25, 0.3) is 0 Å². The number of carbonyl (C=O) groups excluding carboxylic acids is 2. The van der Waals surface area contributed by atoms with E-state index in [0.29, 0.717) is 30.1 Å². The predicted octanol–water partition coefficient (Wildman–Crippen LogP) is 4.02. The number of carbonyl (C=O) groups is 2. The van der Waals surface area contributed by atoms with Crippen molar-refractivity contribution in [3.05, 3.63) is 34.9 Å². The van der Waals surface area contributed by atoms with Gasteiger partial charge in [-0.1, -0.05) is 32.9 Å². The van der Waals surface area contributed by atoms with Gasteiger partial charge in [0.2, 0.25) is 0 Å². The van der Waals surface area contributed by atoms with Crippen molar-refractivity contribution in [2.24, 2.45) is 5.92 Å². The van der Waals surface area contributed by atoms with Gasteiger partial charge in [-0.05, 0) is 43.7 Å². The van der Waals surface area contributed by atoms with E-state index in [1.165, 1.54) is 0 Å². The van der Waals surface area contributed by atoms with E-state index in [1.54, 1.807) is 19.1 Å². The van der Waals surface area contributed by atoms with Gasteiger partial charge in [0.05, 0.1) is 24.3 Å². The quantitative estimate of drug-likeness (QED) is 0.537. The van der Waals surface area contributed by atoms with Crippen molar-refractivity contribution in [3.63, 3.8) is 0 Å². The molecular formula is C18H26O4. The zero-order valence-corrected chi connectivity index (χ0v) is 14.0. The molecule has 0 fully saturated rings. The van der Waals surface area contributed by atoms with Crippen molar-refractivity contribution < 1.29 is 19.1 Å². The maximum atomic E-state index is 12.3. The van der Waals surface area contributed by atoms with Gasteiger partial charge in [0.1, 0.15) is 0 Å². The van der Waals surface area contributed by atoms with Gasteiger partial charge in [0.15, 0.2) is 0 Å². The fraction of sp³-hybridized carbons (Fsp3) is 0.556. The lowest BCUT2D eigenvalue weighted by atomic mass is 9.99. The molecule has 0 saturated heterocycles. The van der Waals surface area contributed by atoms with Gasteiger partial charge in [-0.3, -0.25) is 0 Å². The van der Waals surface area contributed by atoms with Gasteiger partial charge in [0, 0.05) is 0 Å². The third-order valence-electron chi connectivity index (χ3n) is 3.39. The SMILES string of the molecule is CCOC(=O)c1c(CC)cccc1C(=O)OCCCC(C)C. The molecule has 1 aromatic rings. The Kier molecular flexibility index (Phi) is 7.64. The highest BCUT2D eigenvalue weighted by Gasteiger charge is 2.22. The Hall–Kier alpha value is -1.84. The Morgan fingerprint density at radius 2 is 1.82 bits per heavy atom. The van der Waals surface area contributed by atoms with Crippen LogP contribution in [0.15, 0.2) is 18.2 Å². The summed E-state index contributed by atoms with van der Waals surface area (Å²) >= 11 is 0. The largest absolute Gasteiger partial charge is 0.462 e. The van der Waals surface area contributed by atoms with Gasteiger partial charge in [-0.2, -0.15) is 0 Å². The zero-order chi connectivity index (χ0) is 16.5. The summed E-state index contributed by atoms with van der Waals surface area (Å²) < 4.78 is 10.4. The molecule has 0 aliphatic carbocycles. The fourth-order valence-corrected chi connectivity index (χ4v) is 2.24. The van der Waals surface area contributed by atoms with Gasteiger partial charge in [0.25, 0.3) is 0 Å². The zero-order valence-electron chi connectivity index (χ0n) is 14.0. The first kappa shape index (κ1) is 18.2. The highest BCUT2D eigenvalue weighted by molar-refractivity contribution is 6.04. The normalized spacial score (nSPS) is 10.6. The summed E-state index contributed by atoms with van der Waals surface area (Å²) in [6.07, 6.45) is 2.49. The Balaban J connectivity index is 2.88. The first-order chi connectivity index (χ1) is 10.5. The van der Waals surface area contributed by atoms with Gasteiger partial charge >= 0.3 is 11.9 Å². The van der Waals surface area contributed by atoms with Crippen LogP contribution in [0.3, 0.4) is 0 Å². The summed E-state index contributed by atoms with van der Waals surface area (Å²) in [4.78, 5) is 24.4. The molecule has 0 heterocycles.